The van der Waals surface area contributed by atoms with Crippen molar-refractivity contribution in [1.29, 1.82) is 0 Å². The Balaban J connectivity index is 2.11. The van der Waals surface area contributed by atoms with E-state index in [9.17, 15) is 13.2 Å². The number of nitrogens with one attached hydrogen (secondary N) is 2. The van der Waals surface area contributed by atoms with Crippen molar-refractivity contribution in [2.45, 2.75) is 32.2 Å². The second kappa shape index (κ2) is 5.31. The Hall–Kier alpha value is -1.60. The molecule has 1 aliphatic rings. The monoisotopic (exact) mass is 311 g/mol. The van der Waals surface area contributed by atoms with E-state index in [2.05, 4.69) is 10.0 Å². The van der Waals surface area contributed by atoms with Gasteiger partial charge in [0.15, 0.2) is 0 Å². The number of rotatable bonds is 5. The smallest absolute Gasteiger partial charge is 0.244 e. The number of benzene rings is 1. The largest absolute Gasteiger partial charge is 0.324 e. The van der Waals surface area contributed by atoms with Crippen molar-refractivity contribution < 1.29 is 13.2 Å². The maximum absolute atomic E-state index is 12.2. The molecule has 0 saturated heterocycles. The number of aryl methyl sites for hydroxylation is 1. The summed E-state index contributed by atoms with van der Waals surface area (Å²) in [5.41, 5.74) is 7.02. The fourth-order valence-corrected chi connectivity index (χ4v) is 2.82. The highest BCUT2D eigenvalue weighted by molar-refractivity contribution is 7.92. The molecule has 1 saturated carbocycles. The number of carbonyl (C=O) groups excluding carboxylic acids is 1. The van der Waals surface area contributed by atoms with Crippen molar-refractivity contribution in [2.75, 3.05) is 16.3 Å². The summed E-state index contributed by atoms with van der Waals surface area (Å²) in [6.07, 6.45) is 3.06. The lowest BCUT2D eigenvalue weighted by Gasteiger charge is -2.23. The second-order valence-corrected chi connectivity index (χ2v) is 7.66. The van der Waals surface area contributed by atoms with Gasteiger partial charge in [0, 0.05) is 5.69 Å². The molecule has 1 aromatic rings. The first kappa shape index (κ1) is 15.8. The van der Waals surface area contributed by atoms with Crippen LogP contribution in [0.4, 0.5) is 11.4 Å². The SMILES string of the molecule is Cc1cc(NC(=O)C(C)(N)C2CC2)ccc1NS(C)(=O)=O. The predicted molar refractivity (Wildman–Crippen MR) is 83.6 cm³/mol. The zero-order valence-electron chi connectivity index (χ0n) is 12.4. The normalized spacial score (nSPS) is 17.9. The summed E-state index contributed by atoms with van der Waals surface area (Å²) in [4.78, 5) is 12.2. The first-order chi connectivity index (χ1) is 9.59. The Kier molecular flexibility index (Phi) is 3.99. The molecule has 1 amide bonds. The molecule has 2 rings (SSSR count). The minimum absolute atomic E-state index is 0.215. The summed E-state index contributed by atoms with van der Waals surface area (Å²) in [6, 6.07) is 4.99. The molecule has 1 aromatic carbocycles. The summed E-state index contributed by atoms with van der Waals surface area (Å²) < 4.78 is 24.9. The van der Waals surface area contributed by atoms with Crippen LogP contribution in [0.25, 0.3) is 0 Å². The van der Waals surface area contributed by atoms with Crippen LogP contribution >= 0.6 is 0 Å². The van der Waals surface area contributed by atoms with Gasteiger partial charge >= 0.3 is 0 Å². The van der Waals surface area contributed by atoms with Gasteiger partial charge in [0.1, 0.15) is 0 Å². The standard InChI is InChI=1S/C14H21N3O3S/c1-9-8-11(6-7-12(9)17-21(3,19)20)16-13(18)14(2,15)10-4-5-10/h6-8,10,17H,4-5,15H2,1-3H3,(H,16,18). The summed E-state index contributed by atoms with van der Waals surface area (Å²) in [5.74, 6) is 0.0259. The van der Waals surface area contributed by atoms with Gasteiger partial charge in [-0.1, -0.05) is 0 Å². The third-order valence-electron chi connectivity index (χ3n) is 3.69. The molecule has 0 aliphatic heterocycles. The van der Waals surface area contributed by atoms with Crippen molar-refractivity contribution in [3.05, 3.63) is 23.8 Å². The number of carbonyl (C=O) groups is 1. The van der Waals surface area contributed by atoms with Crippen LogP contribution in [0.15, 0.2) is 18.2 Å². The fraction of sp³-hybridized carbons (Fsp3) is 0.500. The quantitative estimate of drug-likeness (QED) is 0.765. The molecule has 7 heteroatoms. The molecule has 0 bridgehead atoms. The van der Waals surface area contributed by atoms with Crippen LogP contribution < -0.4 is 15.8 Å². The van der Waals surface area contributed by atoms with Gasteiger partial charge in [-0.25, -0.2) is 8.42 Å². The number of sulfonamides is 1. The Bertz CT molecular complexity index is 664. The average Bonchev–Trinajstić information content (AvgIpc) is 3.15. The van der Waals surface area contributed by atoms with E-state index in [-0.39, 0.29) is 11.8 Å². The van der Waals surface area contributed by atoms with Crippen LogP contribution in [0.1, 0.15) is 25.3 Å². The molecule has 1 aliphatic carbocycles. The lowest BCUT2D eigenvalue weighted by molar-refractivity contribution is -0.121. The summed E-state index contributed by atoms with van der Waals surface area (Å²) in [7, 11) is -3.32. The van der Waals surface area contributed by atoms with Crippen LogP contribution in [0.5, 0.6) is 0 Å². The van der Waals surface area contributed by atoms with E-state index in [1.54, 1.807) is 32.0 Å². The van der Waals surface area contributed by atoms with E-state index < -0.39 is 15.6 Å². The van der Waals surface area contributed by atoms with Gasteiger partial charge < -0.3 is 11.1 Å². The molecule has 1 atom stereocenters. The third-order valence-corrected chi connectivity index (χ3v) is 4.29. The van der Waals surface area contributed by atoms with Crippen LogP contribution in [0.3, 0.4) is 0 Å². The van der Waals surface area contributed by atoms with Gasteiger partial charge in [0.2, 0.25) is 15.9 Å². The lowest BCUT2D eigenvalue weighted by Crippen LogP contribution is -2.50. The van der Waals surface area contributed by atoms with E-state index in [1.807, 2.05) is 0 Å². The van der Waals surface area contributed by atoms with Crippen LogP contribution in [0, 0.1) is 12.8 Å². The van der Waals surface area contributed by atoms with E-state index in [0.29, 0.717) is 11.4 Å². The number of hydrogen-bond acceptors (Lipinski definition) is 4. The van der Waals surface area contributed by atoms with E-state index in [4.69, 9.17) is 5.73 Å². The average molecular weight is 311 g/mol. The molecular formula is C14H21N3O3S. The molecule has 6 nitrogen and oxygen atoms in total. The maximum atomic E-state index is 12.2. The zero-order valence-corrected chi connectivity index (χ0v) is 13.3. The molecule has 1 fully saturated rings. The minimum atomic E-state index is -3.32. The molecule has 21 heavy (non-hydrogen) atoms. The molecule has 4 N–H and O–H groups in total. The van der Waals surface area contributed by atoms with Gasteiger partial charge in [-0.15, -0.1) is 0 Å². The van der Waals surface area contributed by atoms with Crippen molar-refractivity contribution in [3.8, 4) is 0 Å². The van der Waals surface area contributed by atoms with Crippen LogP contribution in [-0.4, -0.2) is 26.1 Å². The highest BCUT2D eigenvalue weighted by Crippen LogP contribution is 2.38. The summed E-state index contributed by atoms with van der Waals surface area (Å²) in [5, 5.41) is 2.79. The number of hydrogen-bond donors (Lipinski definition) is 3. The molecule has 1 unspecified atom stereocenters. The zero-order chi connectivity index (χ0) is 15.8. The molecule has 0 heterocycles. The minimum Gasteiger partial charge on any atom is -0.324 e. The summed E-state index contributed by atoms with van der Waals surface area (Å²) >= 11 is 0. The van der Waals surface area contributed by atoms with E-state index in [0.717, 1.165) is 24.7 Å². The van der Waals surface area contributed by atoms with Gasteiger partial charge in [-0.05, 0) is 56.4 Å². The van der Waals surface area contributed by atoms with Crippen molar-refractivity contribution in [3.63, 3.8) is 0 Å². The second-order valence-electron chi connectivity index (χ2n) is 5.92. The van der Waals surface area contributed by atoms with Gasteiger partial charge in [0.25, 0.3) is 0 Å². The lowest BCUT2D eigenvalue weighted by atomic mass is 9.96. The molecule has 116 valence electrons. The summed E-state index contributed by atoms with van der Waals surface area (Å²) in [6.45, 7) is 3.51. The maximum Gasteiger partial charge on any atom is 0.244 e. The van der Waals surface area contributed by atoms with Gasteiger partial charge in [-0.3, -0.25) is 9.52 Å². The fourth-order valence-electron chi connectivity index (χ4n) is 2.19. The van der Waals surface area contributed by atoms with Gasteiger partial charge in [-0.2, -0.15) is 0 Å². The highest BCUT2D eigenvalue weighted by atomic mass is 32.2. The Morgan fingerprint density at radius 1 is 1.38 bits per heavy atom. The Morgan fingerprint density at radius 3 is 2.48 bits per heavy atom. The van der Waals surface area contributed by atoms with Gasteiger partial charge in [0.05, 0.1) is 17.5 Å². The van der Waals surface area contributed by atoms with Crippen LogP contribution in [-0.2, 0) is 14.8 Å². The first-order valence-corrected chi connectivity index (χ1v) is 8.67. The van der Waals surface area contributed by atoms with Crippen molar-refractivity contribution in [2.24, 2.45) is 11.7 Å². The topological polar surface area (TPSA) is 101 Å². The predicted octanol–water partition coefficient (Wildman–Crippen LogP) is 1.43. The third kappa shape index (κ3) is 3.95. The van der Waals surface area contributed by atoms with Crippen molar-refractivity contribution in [1.82, 2.24) is 0 Å². The molecule has 0 radical (unpaired) electrons. The first-order valence-electron chi connectivity index (χ1n) is 6.78. The molecular weight excluding hydrogens is 290 g/mol. The van der Waals surface area contributed by atoms with Crippen LogP contribution in [0.2, 0.25) is 0 Å². The highest BCUT2D eigenvalue weighted by Gasteiger charge is 2.44. The Morgan fingerprint density at radius 2 is 2.00 bits per heavy atom. The van der Waals surface area contributed by atoms with E-state index >= 15 is 0 Å². The number of nitrogens with two attached hydrogens (primary N) is 1. The molecule has 0 spiro atoms. The number of anilines is 2. The molecule has 0 aromatic heterocycles. The number of amides is 1. The van der Waals surface area contributed by atoms with Crippen molar-refractivity contribution >= 4 is 27.3 Å². The van der Waals surface area contributed by atoms with E-state index in [1.165, 1.54) is 0 Å². The Labute approximate surface area is 125 Å².